The Kier molecular flexibility index (Phi) is 5.37. The second kappa shape index (κ2) is 7.45. The van der Waals surface area contributed by atoms with Crippen molar-refractivity contribution < 1.29 is 18.0 Å². The summed E-state index contributed by atoms with van der Waals surface area (Å²) in [7, 11) is 0. The van der Waals surface area contributed by atoms with Crippen LogP contribution in [0, 0.1) is 0 Å². The minimum absolute atomic E-state index is 0.0273. The topological polar surface area (TPSA) is 36.4 Å². The smallest absolute Gasteiger partial charge is 0.353 e. The van der Waals surface area contributed by atoms with E-state index in [2.05, 4.69) is 25.8 Å². The quantitative estimate of drug-likeness (QED) is 0.763. The van der Waals surface area contributed by atoms with Crippen molar-refractivity contribution in [2.45, 2.75) is 32.4 Å². The van der Waals surface area contributed by atoms with E-state index >= 15 is 0 Å². The number of piperazine rings is 1. The number of aromatic nitrogens is 1. The minimum atomic E-state index is -4.39. The fourth-order valence-electron chi connectivity index (χ4n) is 3.17. The molecule has 0 atom stereocenters. The van der Waals surface area contributed by atoms with Crippen LogP contribution in [-0.2, 0) is 11.6 Å². The third-order valence-corrected chi connectivity index (χ3v) is 4.96. The Labute approximate surface area is 163 Å². The number of alkyl halides is 3. The number of carbonyl (C=O) groups is 1. The zero-order chi connectivity index (χ0) is 20.5. The number of nitrogens with zero attached hydrogens (tertiary/aromatic N) is 3. The molecule has 2 heterocycles. The van der Waals surface area contributed by atoms with Gasteiger partial charge in [0.05, 0.1) is 5.56 Å². The molecule has 0 spiro atoms. The molecule has 0 aliphatic carbocycles. The van der Waals surface area contributed by atoms with Gasteiger partial charge in [-0.15, -0.1) is 0 Å². The first kappa shape index (κ1) is 20.2. The molecule has 28 heavy (non-hydrogen) atoms. The highest BCUT2D eigenvalue weighted by atomic mass is 19.4. The summed E-state index contributed by atoms with van der Waals surface area (Å²) in [6.45, 7) is 8.44. The highest BCUT2D eigenvalue weighted by Crippen LogP contribution is 2.29. The monoisotopic (exact) mass is 391 g/mol. The van der Waals surface area contributed by atoms with Crippen LogP contribution in [0.1, 0.15) is 42.3 Å². The molecule has 150 valence electrons. The van der Waals surface area contributed by atoms with Crippen LogP contribution in [0.15, 0.2) is 42.6 Å². The van der Waals surface area contributed by atoms with Crippen molar-refractivity contribution in [2.24, 2.45) is 0 Å². The van der Waals surface area contributed by atoms with Gasteiger partial charge in [0.15, 0.2) is 0 Å². The predicted octanol–water partition coefficient (Wildman–Crippen LogP) is 4.36. The zero-order valence-corrected chi connectivity index (χ0v) is 16.3. The van der Waals surface area contributed by atoms with Gasteiger partial charge in [0.1, 0.15) is 5.82 Å². The summed E-state index contributed by atoms with van der Waals surface area (Å²) < 4.78 is 38.0. The predicted molar refractivity (Wildman–Crippen MR) is 102 cm³/mol. The fourth-order valence-corrected chi connectivity index (χ4v) is 3.17. The minimum Gasteiger partial charge on any atom is -0.353 e. The molecule has 0 saturated carbocycles. The van der Waals surface area contributed by atoms with Gasteiger partial charge in [-0.3, -0.25) is 4.79 Å². The lowest BCUT2D eigenvalue weighted by Gasteiger charge is -2.35. The molecule has 1 saturated heterocycles. The summed E-state index contributed by atoms with van der Waals surface area (Å²) in [6, 6.07) is 10.1. The number of halogens is 3. The highest BCUT2D eigenvalue weighted by Gasteiger charge is 2.31. The SMILES string of the molecule is CC(C)(C)c1ccc(C(=O)N2CCN(c3ccc(C(F)(F)F)cn3)CC2)cc1. The summed E-state index contributed by atoms with van der Waals surface area (Å²) in [5, 5.41) is 0. The number of benzene rings is 1. The average molecular weight is 391 g/mol. The molecule has 1 aliphatic rings. The lowest BCUT2D eigenvalue weighted by Crippen LogP contribution is -2.49. The molecule has 1 aromatic carbocycles. The van der Waals surface area contributed by atoms with E-state index in [-0.39, 0.29) is 11.3 Å². The van der Waals surface area contributed by atoms with E-state index in [1.807, 2.05) is 29.2 Å². The van der Waals surface area contributed by atoms with Crippen LogP contribution in [-0.4, -0.2) is 42.0 Å². The number of hydrogen-bond acceptors (Lipinski definition) is 3. The molecule has 1 aliphatic heterocycles. The molecule has 4 nitrogen and oxygen atoms in total. The van der Waals surface area contributed by atoms with Crippen LogP contribution in [0.4, 0.5) is 19.0 Å². The Bertz CT molecular complexity index is 816. The first-order chi connectivity index (χ1) is 13.1. The molecule has 0 N–H and O–H groups in total. The number of hydrogen-bond donors (Lipinski definition) is 0. The van der Waals surface area contributed by atoms with Gasteiger partial charge < -0.3 is 9.80 Å². The summed E-state index contributed by atoms with van der Waals surface area (Å²) in [5.74, 6) is 0.468. The molecular formula is C21H24F3N3O. The van der Waals surface area contributed by atoms with Gasteiger partial charge in [0, 0.05) is 37.9 Å². The van der Waals surface area contributed by atoms with E-state index in [9.17, 15) is 18.0 Å². The van der Waals surface area contributed by atoms with Crippen LogP contribution in [0.5, 0.6) is 0 Å². The number of carbonyl (C=O) groups excluding carboxylic acids is 1. The second-order valence-electron chi connectivity index (χ2n) is 8.01. The van der Waals surface area contributed by atoms with E-state index in [1.54, 1.807) is 4.90 Å². The van der Waals surface area contributed by atoms with E-state index < -0.39 is 11.7 Å². The van der Waals surface area contributed by atoms with Crippen molar-refractivity contribution in [3.05, 3.63) is 59.3 Å². The van der Waals surface area contributed by atoms with Gasteiger partial charge >= 0.3 is 6.18 Å². The fraction of sp³-hybridized carbons (Fsp3) is 0.429. The lowest BCUT2D eigenvalue weighted by atomic mass is 9.86. The number of pyridine rings is 1. The van der Waals surface area contributed by atoms with E-state index in [0.29, 0.717) is 37.6 Å². The molecule has 1 aromatic heterocycles. The molecule has 7 heteroatoms. The van der Waals surface area contributed by atoms with Gasteiger partial charge in [-0.05, 0) is 35.2 Å². The highest BCUT2D eigenvalue weighted by molar-refractivity contribution is 5.94. The van der Waals surface area contributed by atoms with Crippen molar-refractivity contribution >= 4 is 11.7 Å². The van der Waals surface area contributed by atoms with Gasteiger partial charge in [-0.25, -0.2) is 4.98 Å². The third-order valence-electron chi connectivity index (χ3n) is 4.96. The van der Waals surface area contributed by atoms with Crippen LogP contribution in [0.2, 0.25) is 0 Å². The average Bonchev–Trinajstić information content (AvgIpc) is 2.66. The maximum Gasteiger partial charge on any atom is 0.417 e. The van der Waals surface area contributed by atoms with Crippen LogP contribution >= 0.6 is 0 Å². The van der Waals surface area contributed by atoms with Gasteiger partial charge in [-0.2, -0.15) is 13.2 Å². The Hall–Kier alpha value is -2.57. The Morgan fingerprint density at radius 1 is 0.893 bits per heavy atom. The second-order valence-corrected chi connectivity index (χ2v) is 8.01. The maximum atomic E-state index is 12.7. The third kappa shape index (κ3) is 4.46. The van der Waals surface area contributed by atoms with E-state index in [4.69, 9.17) is 0 Å². The molecule has 2 aromatic rings. The Morgan fingerprint density at radius 2 is 1.46 bits per heavy atom. The van der Waals surface area contributed by atoms with E-state index in [0.717, 1.165) is 12.3 Å². The van der Waals surface area contributed by atoms with Crippen molar-refractivity contribution in [3.8, 4) is 0 Å². The molecule has 1 fully saturated rings. The molecule has 0 unspecified atom stereocenters. The number of anilines is 1. The largest absolute Gasteiger partial charge is 0.417 e. The Morgan fingerprint density at radius 3 is 1.93 bits per heavy atom. The van der Waals surface area contributed by atoms with Gasteiger partial charge in [0.2, 0.25) is 0 Å². The number of rotatable bonds is 2. The van der Waals surface area contributed by atoms with Gasteiger partial charge in [-0.1, -0.05) is 32.9 Å². The molecule has 1 amide bonds. The first-order valence-corrected chi connectivity index (χ1v) is 9.24. The van der Waals surface area contributed by atoms with Crippen molar-refractivity contribution in [3.63, 3.8) is 0 Å². The maximum absolute atomic E-state index is 12.7. The normalized spacial score (nSPS) is 15.6. The standard InChI is InChI=1S/C21H24F3N3O/c1-20(2,3)16-6-4-15(5-7-16)19(28)27-12-10-26(11-13-27)18-9-8-17(14-25-18)21(22,23)24/h4-9,14H,10-13H2,1-3H3. The lowest BCUT2D eigenvalue weighted by molar-refractivity contribution is -0.137. The summed E-state index contributed by atoms with van der Waals surface area (Å²) >= 11 is 0. The summed E-state index contributed by atoms with van der Waals surface area (Å²) in [4.78, 5) is 20.3. The Balaban J connectivity index is 1.61. The van der Waals surface area contributed by atoms with E-state index in [1.165, 1.54) is 11.6 Å². The molecule has 0 bridgehead atoms. The molecular weight excluding hydrogens is 367 g/mol. The van der Waals surface area contributed by atoms with Crippen LogP contribution < -0.4 is 4.90 Å². The summed E-state index contributed by atoms with van der Waals surface area (Å²) in [6.07, 6.45) is -3.54. The van der Waals surface area contributed by atoms with Crippen LogP contribution in [0.25, 0.3) is 0 Å². The molecule has 0 radical (unpaired) electrons. The summed E-state index contributed by atoms with van der Waals surface area (Å²) in [5.41, 5.74) is 1.09. The van der Waals surface area contributed by atoms with Gasteiger partial charge in [0.25, 0.3) is 5.91 Å². The molecule has 3 rings (SSSR count). The van der Waals surface area contributed by atoms with Crippen molar-refractivity contribution in [2.75, 3.05) is 31.1 Å². The zero-order valence-electron chi connectivity index (χ0n) is 16.3. The van der Waals surface area contributed by atoms with Crippen molar-refractivity contribution in [1.29, 1.82) is 0 Å². The van der Waals surface area contributed by atoms with Crippen molar-refractivity contribution in [1.82, 2.24) is 9.88 Å². The van der Waals surface area contributed by atoms with Crippen LogP contribution in [0.3, 0.4) is 0 Å². The number of amides is 1. The first-order valence-electron chi connectivity index (χ1n) is 9.24.